The fraction of sp³-hybridized carbons (Fsp3) is 0.278. The monoisotopic (exact) mass is 346 g/mol. The van der Waals surface area contributed by atoms with Crippen LogP contribution in [0, 0.1) is 13.8 Å². The standard InChI is InChI=1S/C18H22N2O3S/c1-12-5-10-18(13(2)11-12)14(3)20-24(22,23)17-8-6-16(7-9-17)19-15(4)21/h5-11,14,20H,1-4H3,(H,19,21)/t14-/m0/s1. The predicted molar refractivity (Wildman–Crippen MR) is 95.4 cm³/mol. The van der Waals surface area contributed by atoms with E-state index in [-0.39, 0.29) is 16.8 Å². The van der Waals surface area contributed by atoms with Crippen LogP contribution < -0.4 is 10.0 Å². The molecule has 0 unspecified atom stereocenters. The molecular formula is C18H22N2O3S. The van der Waals surface area contributed by atoms with Crippen LogP contribution in [-0.2, 0) is 14.8 Å². The predicted octanol–water partition coefficient (Wildman–Crippen LogP) is 3.30. The Morgan fingerprint density at radius 1 is 1.04 bits per heavy atom. The fourth-order valence-corrected chi connectivity index (χ4v) is 3.82. The normalized spacial score (nSPS) is 12.7. The molecule has 1 atom stereocenters. The van der Waals surface area contributed by atoms with Crippen molar-refractivity contribution in [2.75, 3.05) is 5.32 Å². The molecule has 128 valence electrons. The van der Waals surface area contributed by atoms with Crippen molar-refractivity contribution < 1.29 is 13.2 Å². The highest BCUT2D eigenvalue weighted by atomic mass is 32.2. The third-order valence-electron chi connectivity index (χ3n) is 3.71. The lowest BCUT2D eigenvalue weighted by Crippen LogP contribution is -2.27. The van der Waals surface area contributed by atoms with Gasteiger partial charge in [-0.25, -0.2) is 13.1 Å². The van der Waals surface area contributed by atoms with E-state index in [0.29, 0.717) is 5.69 Å². The number of hydrogen-bond donors (Lipinski definition) is 2. The zero-order valence-corrected chi connectivity index (χ0v) is 15.1. The smallest absolute Gasteiger partial charge is 0.241 e. The van der Waals surface area contributed by atoms with Gasteiger partial charge in [-0.05, 0) is 56.2 Å². The molecule has 2 rings (SSSR count). The lowest BCUT2D eigenvalue weighted by molar-refractivity contribution is -0.114. The van der Waals surface area contributed by atoms with E-state index < -0.39 is 10.0 Å². The molecule has 0 aromatic heterocycles. The zero-order valence-electron chi connectivity index (χ0n) is 14.3. The van der Waals surface area contributed by atoms with Crippen molar-refractivity contribution in [1.82, 2.24) is 4.72 Å². The molecule has 0 aliphatic carbocycles. The van der Waals surface area contributed by atoms with E-state index in [1.807, 2.05) is 39.0 Å². The van der Waals surface area contributed by atoms with Crippen molar-refractivity contribution in [2.45, 2.75) is 38.6 Å². The number of aryl methyl sites for hydroxylation is 2. The molecule has 0 spiro atoms. The molecule has 0 heterocycles. The van der Waals surface area contributed by atoms with Gasteiger partial charge in [-0.3, -0.25) is 4.79 Å². The zero-order chi connectivity index (χ0) is 17.9. The van der Waals surface area contributed by atoms with Crippen LogP contribution in [0.5, 0.6) is 0 Å². The maximum absolute atomic E-state index is 12.5. The van der Waals surface area contributed by atoms with Crippen molar-refractivity contribution in [2.24, 2.45) is 0 Å². The van der Waals surface area contributed by atoms with Gasteiger partial charge in [-0.1, -0.05) is 23.8 Å². The molecule has 2 aromatic rings. The quantitative estimate of drug-likeness (QED) is 0.872. The number of sulfonamides is 1. The summed E-state index contributed by atoms with van der Waals surface area (Å²) >= 11 is 0. The largest absolute Gasteiger partial charge is 0.326 e. The second kappa shape index (κ2) is 7.15. The number of amides is 1. The first kappa shape index (κ1) is 18.2. The van der Waals surface area contributed by atoms with Crippen molar-refractivity contribution in [1.29, 1.82) is 0 Å². The molecule has 0 saturated carbocycles. The number of carbonyl (C=O) groups is 1. The van der Waals surface area contributed by atoms with Crippen LogP contribution >= 0.6 is 0 Å². The Bertz CT molecular complexity index is 843. The Morgan fingerprint density at radius 2 is 1.67 bits per heavy atom. The van der Waals surface area contributed by atoms with Gasteiger partial charge in [0.25, 0.3) is 0 Å². The Balaban J connectivity index is 2.19. The average Bonchev–Trinajstić information content (AvgIpc) is 2.46. The van der Waals surface area contributed by atoms with Crippen LogP contribution in [0.4, 0.5) is 5.69 Å². The molecule has 6 heteroatoms. The summed E-state index contributed by atoms with van der Waals surface area (Å²) in [5.74, 6) is -0.202. The van der Waals surface area contributed by atoms with Crippen LogP contribution in [0.25, 0.3) is 0 Å². The molecule has 1 amide bonds. The van der Waals surface area contributed by atoms with Gasteiger partial charge < -0.3 is 5.32 Å². The number of benzene rings is 2. The van der Waals surface area contributed by atoms with Gasteiger partial charge in [-0.15, -0.1) is 0 Å². The molecule has 2 N–H and O–H groups in total. The molecule has 24 heavy (non-hydrogen) atoms. The van der Waals surface area contributed by atoms with E-state index in [4.69, 9.17) is 0 Å². The summed E-state index contributed by atoms with van der Waals surface area (Å²) in [6.07, 6.45) is 0. The van der Waals surface area contributed by atoms with Gasteiger partial charge in [0.05, 0.1) is 4.90 Å². The summed E-state index contributed by atoms with van der Waals surface area (Å²) in [5.41, 5.74) is 3.69. The Labute approximate surface area is 143 Å². The molecule has 5 nitrogen and oxygen atoms in total. The average molecular weight is 346 g/mol. The van der Waals surface area contributed by atoms with Crippen LogP contribution in [0.3, 0.4) is 0 Å². The second-order valence-electron chi connectivity index (χ2n) is 5.91. The summed E-state index contributed by atoms with van der Waals surface area (Å²) in [5, 5.41) is 2.61. The molecule has 0 saturated heterocycles. The highest BCUT2D eigenvalue weighted by Gasteiger charge is 2.19. The lowest BCUT2D eigenvalue weighted by atomic mass is 10.0. The van der Waals surface area contributed by atoms with Crippen molar-refractivity contribution in [3.63, 3.8) is 0 Å². The Morgan fingerprint density at radius 3 is 2.21 bits per heavy atom. The summed E-state index contributed by atoms with van der Waals surface area (Å²) in [4.78, 5) is 11.2. The number of nitrogens with one attached hydrogen (secondary N) is 2. The highest BCUT2D eigenvalue weighted by molar-refractivity contribution is 7.89. The van der Waals surface area contributed by atoms with Crippen LogP contribution in [0.15, 0.2) is 47.4 Å². The van der Waals surface area contributed by atoms with Gasteiger partial charge in [0.2, 0.25) is 15.9 Å². The SMILES string of the molecule is CC(=O)Nc1ccc(S(=O)(=O)N[C@@H](C)c2ccc(C)cc2C)cc1. The number of anilines is 1. The van der Waals surface area contributed by atoms with E-state index >= 15 is 0 Å². The molecule has 0 bridgehead atoms. The number of hydrogen-bond acceptors (Lipinski definition) is 3. The second-order valence-corrected chi connectivity index (χ2v) is 7.62. The fourth-order valence-electron chi connectivity index (χ4n) is 2.60. The topological polar surface area (TPSA) is 75.3 Å². The summed E-state index contributed by atoms with van der Waals surface area (Å²) in [7, 11) is -3.64. The molecular weight excluding hydrogens is 324 g/mol. The minimum absolute atomic E-state index is 0.160. The van der Waals surface area contributed by atoms with E-state index in [1.54, 1.807) is 12.1 Å². The minimum atomic E-state index is -3.64. The van der Waals surface area contributed by atoms with Crippen LogP contribution in [0.2, 0.25) is 0 Å². The first-order chi connectivity index (χ1) is 11.2. The minimum Gasteiger partial charge on any atom is -0.326 e. The first-order valence-electron chi connectivity index (χ1n) is 7.66. The molecule has 0 radical (unpaired) electrons. The molecule has 0 aliphatic rings. The van der Waals surface area contributed by atoms with Gasteiger partial charge >= 0.3 is 0 Å². The lowest BCUT2D eigenvalue weighted by Gasteiger charge is -2.17. The van der Waals surface area contributed by atoms with Gasteiger partial charge in [0.15, 0.2) is 0 Å². The Hall–Kier alpha value is -2.18. The van der Waals surface area contributed by atoms with E-state index in [1.165, 1.54) is 19.1 Å². The maximum atomic E-state index is 12.5. The van der Waals surface area contributed by atoms with Gasteiger partial charge in [-0.2, -0.15) is 0 Å². The third-order valence-corrected chi connectivity index (χ3v) is 5.27. The van der Waals surface area contributed by atoms with E-state index in [2.05, 4.69) is 10.0 Å². The summed E-state index contributed by atoms with van der Waals surface area (Å²) in [6, 6.07) is 11.7. The number of carbonyl (C=O) groups excluding carboxylic acids is 1. The van der Waals surface area contributed by atoms with Crippen LogP contribution in [0.1, 0.15) is 36.6 Å². The third kappa shape index (κ3) is 4.43. The summed E-state index contributed by atoms with van der Waals surface area (Å²) in [6.45, 7) is 7.19. The first-order valence-corrected chi connectivity index (χ1v) is 9.14. The maximum Gasteiger partial charge on any atom is 0.241 e. The molecule has 0 fully saturated rings. The van der Waals surface area contributed by atoms with Gasteiger partial charge in [0, 0.05) is 18.7 Å². The van der Waals surface area contributed by atoms with E-state index in [9.17, 15) is 13.2 Å². The van der Waals surface area contributed by atoms with Crippen LogP contribution in [-0.4, -0.2) is 14.3 Å². The molecule has 0 aliphatic heterocycles. The van der Waals surface area contributed by atoms with E-state index in [0.717, 1.165) is 16.7 Å². The van der Waals surface area contributed by atoms with Crippen molar-refractivity contribution in [3.8, 4) is 0 Å². The van der Waals surface area contributed by atoms with Gasteiger partial charge in [0.1, 0.15) is 0 Å². The summed E-state index contributed by atoms with van der Waals surface area (Å²) < 4.78 is 27.8. The van der Waals surface area contributed by atoms with Crippen molar-refractivity contribution in [3.05, 3.63) is 59.2 Å². The Kier molecular flexibility index (Phi) is 5.41. The highest BCUT2D eigenvalue weighted by Crippen LogP contribution is 2.22. The van der Waals surface area contributed by atoms with Crippen molar-refractivity contribution >= 4 is 21.6 Å². The molecule has 2 aromatic carbocycles. The number of rotatable bonds is 5.